The highest BCUT2D eigenvalue weighted by molar-refractivity contribution is 7.93. The molecule has 1 unspecified atom stereocenters. The van der Waals surface area contributed by atoms with Crippen LogP contribution >= 0.6 is 12.4 Å². The van der Waals surface area contributed by atoms with Gasteiger partial charge in [-0.3, -0.25) is 9.71 Å². The van der Waals surface area contributed by atoms with Gasteiger partial charge >= 0.3 is 0 Å². The highest BCUT2D eigenvalue weighted by Gasteiger charge is 2.35. The zero-order valence-corrected chi connectivity index (χ0v) is 12.2. The van der Waals surface area contributed by atoms with E-state index in [0.29, 0.717) is 18.0 Å². The molecule has 1 aromatic rings. The van der Waals surface area contributed by atoms with Gasteiger partial charge in [-0.1, -0.05) is 0 Å². The summed E-state index contributed by atoms with van der Waals surface area (Å²) < 4.78 is 31.1. The number of methoxy groups -OCH3 is 1. The fourth-order valence-corrected chi connectivity index (χ4v) is 2.98. The van der Waals surface area contributed by atoms with E-state index in [9.17, 15) is 8.42 Å². The molecule has 2 rings (SSSR count). The summed E-state index contributed by atoms with van der Waals surface area (Å²) in [7, 11) is -1.69. The van der Waals surface area contributed by atoms with Crippen molar-refractivity contribution < 1.29 is 13.2 Å². The first-order valence-electron chi connectivity index (χ1n) is 5.75. The molecule has 1 fully saturated rings. The van der Waals surface area contributed by atoms with Gasteiger partial charge in [0.2, 0.25) is 10.0 Å². The van der Waals surface area contributed by atoms with Crippen LogP contribution in [-0.4, -0.2) is 32.4 Å². The van der Waals surface area contributed by atoms with Crippen molar-refractivity contribution in [1.29, 1.82) is 0 Å². The van der Waals surface area contributed by atoms with Crippen LogP contribution in [0, 0.1) is 0 Å². The molecule has 1 heterocycles. The molecule has 3 N–H and O–H groups in total. The third kappa shape index (κ3) is 4.31. The fraction of sp³-hybridized carbons (Fsp3) is 0.545. The van der Waals surface area contributed by atoms with Crippen LogP contribution in [0.25, 0.3) is 0 Å². The first kappa shape index (κ1) is 16.2. The van der Waals surface area contributed by atoms with Gasteiger partial charge in [-0.2, -0.15) is 0 Å². The van der Waals surface area contributed by atoms with Crippen LogP contribution in [0.4, 0.5) is 5.69 Å². The molecular formula is C11H18ClN3O3S. The van der Waals surface area contributed by atoms with Gasteiger partial charge < -0.3 is 10.5 Å². The van der Waals surface area contributed by atoms with Gasteiger partial charge in [-0.15, -0.1) is 12.4 Å². The highest BCUT2D eigenvalue weighted by Crippen LogP contribution is 2.29. The van der Waals surface area contributed by atoms with Crippen LogP contribution in [0.15, 0.2) is 18.3 Å². The summed E-state index contributed by atoms with van der Waals surface area (Å²) in [5, 5.41) is -0.248. The summed E-state index contributed by atoms with van der Waals surface area (Å²) in [6.07, 6.45) is 3.00. The van der Waals surface area contributed by atoms with Crippen LogP contribution in [0.3, 0.4) is 0 Å². The number of ether oxygens (including phenoxy) is 1. The van der Waals surface area contributed by atoms with Crippen molar-refractivity contribution in [2.75, 3.05) is 18.4 Å². The summed E-state index contributed by atoms with van der Waals surface area (Å²) in [5.41, 5.74) is 6.95. The Morgan fingerprint density at radius 2 is 2.26 bits per heavy atom. The molecule has 0 saturated heterocycles. The second kappa shape index (κ2) is 6.51. The Bertz CT molecular complexity index is 520. The Kier molecular flexibility index (Phi) is 5.54. The summed E-state index contributed by atoms with van der Waals surface area (Å²) in [6, 6.07) is 2.90. The zero-order chi connectivity index (χ0) is 13.2. The van der Waals surface area contributed by atoms with Crippen molar-refractivity contribution in [1.82, 2.24) is 4.98 Å². The molecule has 19 heavy (non-hydrogen) atoms. The molecule has 0 spiro atoms. The van der Waals surface area contributed by atoms with Crippen molar-refractivity contribution in [3.63, 3.8) is 0 Å². The van der Waals surface area contributed by atoms with Crippen LogP contribution < -0.4 is 10.5 Å². The summed E-state index contributed by atoms with van der Waals surface area (Å²) in [4.78, 5) is 4.11. The minimum Gasteiger partial charge on any atom is -0.383 e. The lowest BCUT2D eigenvalue weighted by atomic mass is 10.2. The number of aromatic nitrogens is 1. The molecule has 0 aliphatic heterocycles. The van der Waals surface area contributed by atoms with Gasteiger partial charge in [-0.25, -0.2) is 8.42 Å². The van der Waals surface area contributed by atoms with Gasteiger partial charge in [0.15, 0.2) is 0 Å². The molecule has 1 atom stereocenters. The molecule has 1 aliphatic rings. The third-order valence-electron chi connectivity index (χ3n) is 2.73. The van der Waals surface area contributed by atoms with E-state index in [0.717, 1.165) is 12.8 Å². The van der Waals surface area contributed by atoms with Gasteiger partial charge in [0.05, 0.1) is 29.3 Å². The zero-order valence-electron chi connectivity index (χ0n) is 10.6. The predicted molar refractivity (Wildman–Crippen MR) is 75.9 cm³/mol. The minimum absolute atomic E-state index is 0. The van der Waals surface area contributed by atoms with Crippen molar-refractivity contribution in [3.8, 4) is 0 Å². The molecule has 6 nitrogen and oxygen atoms in total. The Morgan fingerprint density at radius 3 is 2.84 bits per heavy atom. The Morgan fingerprint density at radius 1 is 1.58 bits per heavy atom. The smallest absolute Gasteiger partial charge is 0.235 e. The number of pyridine rings is 1. The second-order valence-electron chi connectivity index (χ2n) is 4.38. The lowest BCUT2D eigenvalue weighted by molar-refractivity contribution is 0.179. The number of nitrogens with two attached hydrogens (primary N) is 1. The lowest BCUT2D eigenvalue weighted by Crippen LogP contribution is -2.20. The van der Waals surface area contributed by atoms with Crippen LogP contribution in [-0.2, 0) is 14.8 Å². The molecular weight excluding hydrogens is 290 g/mol. The third-order valence-corrected chi connectivity index (χ3v) is 4.60. The van der Waals surface area contributed by atoms with Crippen LogP contribution in [0.1, 0.15) is 24.6 Å². The normalized spacial score (nSPS) is 16.5. The molecule has 1 aromatic heterocycles. The maximum Gasteiger partial charge on any atom is 0.235 e. The number of sulfonamides is 1. The molecule has 0 radical (unpaired) electrons. The number of nitrogens with zero attached hydrogens (tertiary/aromatic N) is 1. The average Bonchev–Trinajstić information content (AvgIpc) is 3.13. The molecule has 0 amide bonds. The van der Waals surface area contributed by atoms with E-state index in [-0.39, 0.29) is 23.7 Å². The number of anilines is 1. The average molecular weight is 308 g/mol. The molecule has 108 valence electrons. The first-order valence-corrected chi connectivity index (χ1v) is 7.29. The topological polar surface area (TPSA) is 94.3 Å². The Hall–Kier alpha value is -0.890. The number of halogens is 1. The highest BCUT2D eigenvalue weighted by atomic mass is 35.5. The summed E-state index contributed by atoms with van der Waals surface area (Å²) in [5.74, 6) is 0. The SMILES string of the molecule is COCC(N)c1cc(NS(=O)(=O)C2CC2)ccn1.Cl. The fourth-order valence-electron chi connectivity index (χ4n) is 1.61. The molecule has 0 bridgehead atoms. The van der Waals surface area contributed by atoms with E-state index in [1.165, 1.54) is 6.20 Å². The van der Waals surface area contributed by atoms with E-state index < -0.39 is 10.0 Å². The monoisotopic (exact) mass is 307 g/mol. The largest absolute Gasteiger partial charge is 0.383 e. The quantitative estimate of drug-likeness (QED) is 0.819. The molecule has 1 aliphatic carbocycles. The van der Waals surface area contributed by atoms with Crippen molar-refractivity contribution >= 4 is 28.1 Å². The van der Waals surface area contributed by atoms with E-state index in [4.69, 9.17) is 10.5 Å². The summed E-state index contributed by atoms with van der Waals surface area (Å²) in [6.45, 7) is 0.339. The van der Waals surface area contributed by atoms with Gasteiger partial charge in [0.25, 0.3) is 0 Å². The maximum atomic E-state index is 11.8. The van der Waals surface area contributed by atoms with E-state index in [1.54, 1.807) is 19.2 Å². The Labute approximate surface area is 119 Å². The standard InChI is InChI=1S/C11H17N3O3S.ClH/c1-17-7-10(12)11-6-8(4-5-13-11)14-18(15,16)9-2-3-9;/h4-6,9-10H,2-3,7,12H2,1H3,(H,13,14);1H. The van der Waals surface area contributed by atoms with Crippen molar-refractivity contribution in [2.24, 2.45) is 5.73 Å². The van der Waals surface area contributed by atoms with Crippen molar-refractivity contribution in [2.45, 2.75) is 24.1 Å². The maximum absolute atomic E-state index is 11.8. The molecule has 0 aromatic carbocycles. The van der Waals surface area contributed by atoms with Gasteiger partial charge in [-0.05, 0) is 25.0 Å². The van der Waals surface area contributed by atoms with E-state index in [1.807, 2.05) is 0 Å². The molecule has 1 saturated carbocycles. The number of nitrogens with one attached hydrogen (secondary N) is 1. The van der Waals surface area contributed by atoms with Crippen molar-refractivity contribution in [3.05, 3.63) is 24.0 Å². The lowest BCUT2D eigenvalue weighted by Gasteiger charge is -2.12. The van der Waals surface area contributed by atoms with E-state index >= 15 is 0 Å². The van der Waals surface area contributed by atoms with Crippen LogP contribution in [0.2, 0.25) is 0 Å². The molecule has 8 heteroatoms. The number of hydrogen-bond acceptors (Lipinski definition) is 5. The van der Waals surface area contributed by atoms with E-state index in [2.05, 4.69) is 9.71 Å². The first-order chi connectivity index (χ1) is 8.53. The van der Waals surface area contributed by atoms with Gasteiger partial charge in [0, 0.05) is 13.3 Å². The number of rotatable bonds is 6. The summed E-state index contributed by atoms with van der Waals surface area (Å²) >= 11 is 0. The predicted octanol–water partition coefficient (Wildman–Crippen LogP) is 1.05. The minimum atomic E-state index is -3.24. The number of hydrogen-bond donors (Lipinski definition) is 2. The van der Waals surface area contributed by atoms with Gasteiger partial charge in [0.1, 0.15) is 0 Å². The second-order valence-corrected chi connectivity index (χ2v) is 6.34. The Balaban J connectivity index is 0.00000180. The van der Waals surface area contributed by atoms with Crippen LogP contribution in [0.5, 0.6) is 0 Å².